The first kappa shape index (κ1) is 4.32. The van der Waals surface area contributed by atoms with Crippen molar-refractivity contribution in [3.05, 3.63) is 0 Å². The standard InChI is InChI=1S/C2H3FSe/c3-1-2-4/h2H,1H2. The van der Waals surface area contributed by atoms with Gasteiger partial charge in [0.2, 0.25) is 0 Å². The van der Waals surface area contributed by atoms with Crippen LogP contribution in [0.4, 0.5) is 4.39 Å². The van der Waals surface area contributed by atoms with E-state index in [9.17, 15) is 4.39 Å². The summed E-state index contributed by atoms with van der Waals surface area (Å²) in [5.74, 6) is 0. The zero-order chi connectivity index (χ0) is 3.41. The van der Waals surface area contributed by atoms with Crippen LogP contribution in [0.25, 0.3) is 0 Å². The summed E-state index contributed by atoms with van der Waals surface area (Å²) >= 11 is 2.39. The second-order valence-electron chi connectivity index (χ2n) is 0.321. The van der Waals surface area contributed by atoms with Crippen LogP contribution in [0.15, 0.2) is 0 Å². The summed E-state index contributed by atoms with van der Waals surface area (Å²) in [6.45, 7) is -0.361. The van der Waals surface area contributed by atoms with Gasteiger partial charge in [0.1, 0.15) is 0 Å². The van der Waals surface area contributed by atoms with Crippen LogP contribution < -0.4 is 0 Å². The molecule has 24 valence electrons. The zero-order valence-electron chi connectivity index (χ0n) is 2.07. The van der Waals surface area contributed by atoms with Crippen molar-refractivity contribution in [1.82, 2.24) is 0 Å². The van der Waals surface area contributed by atoms with E-state index < -0.39 is 0 Å². The van der Waals surface area contributed by atoms with Crippen LogP contribution >= 0.6 is 0 Å². The molecule has 0 nitrogen and oxygen atoms in total. The van der Waals surface area contributed by atoms with Crippen molar-refractivity contribution in [1.29, 1.82) is 0 Å². The molecule has 0 rings (SSSR count). The van der Waals surface area contributed by atoms with Gasteiger partial charge in [-0.1, -0.05) is 0 Å². The fourth-order valence-electron chi connectivity index (χ4n) is 0. The van der Waals surface area contributed by atoms with Gasteiger partial charge in [0.25, 0.3) is 0 Å². The molecule has 0 aromatic rings. The van der Waals surface area contributed by atoms with Crippen LogP contribution in [-0.2, 0) is 0 Å². The predicted molar refractivity (Wildman–Crippen MR) is 17.8 cm³/mol. The van der Waals surface area contributed by atoms with E-state index in [1.807, 2.05) is 0 Å². The van der Waals surface area contributed by atoms with E-state index in [0.29, 0.717) is 0 Å². The van der Waals surface area contributed by atoms with E-state index in [0.717, 1.165) is 0 Å². The average molecular weight is 125 g/mol. The first-order valence-electron chi connectivity index (χ1n) is 0.911. The molecule has 0 amide bonds. The quantitative estimate of drug-likeness (QED) is 0.430. The van der Waals surface area contributed by atoms with E-state index in [2.05, 4.69) is 15.6 Å². The first-order chi connectivity index (χ1) is 1.91. The Hall–Kier alpha value is 0.319. The van der Waals surface area contributed by atoms with Gasteiger partial charge >= 0.3 is 31.6 Å². The fraction of sp³-hybridized carbons (Fsp3) is 0.500. The van der Waals surface area contributed by atoms with Crippen LogP contribution in [0.1, 0.15) is 0 Å². The molecule has 2 heteroatoms. The Balaban J connectivity index is 2.30. The van der Waals surface area contributed by atoms with E-state index in [-0.39, 0.29) is 6.67 Å². The molecule has 0 aliphatic carbocycles. The maximum absolute atomic E-state index is 10.6. The molecule has 0 aliphatic heterocycles. The van der Waals surface area contributed by atoms with E-state index in [1.165, 1.54) is 4.92 Å². The summed E-state index contributed by atoms with van der Waals surface area (Å²) in [7, 11) is 0. The Morgan fingerprint density at radius 3 is 2.25 bits per heavy atom. The van der Waals surface area contributed by atoms with Gasteiger partial charge in [-0.15, -0.1) is 0 Å². The number of hydrogen-bond donors (Lipinski definition) is 0. The Bertz CT molecular complexity index is 20.0. The third kappa shape index (κ3) is 2.32. The summed E-state index contributed by atoms with van der Waals surface area (Å²) in [4.78, 5) is 1.33. The second kappa shape index (κ2) is 3.32. The van der Waals surface area contributed by atoms with Gasteiger partial charge in [-0.2, -0.15) is 0 Å². The van der Waals surface area contributed by atoms with Crippen LogP contribution in [0.3, 0.4) is 0 Å². The van der Waals surface area contributed by atoms with Crippen molar-refractivity contribution in [2.45, 2.75) is 0 Å². The molecule has 0 aromatic heterocycles. The van der Waals surface area contributed by atoms with Crippen molar-refractivity contribution in [2.24, 2.45) is 0 Å². The molecule has 4 heavy (non-hydrogen) atoms. The number of hydrogen-bond acceptors (Lipinski definition) is 0. The number of alkyl halides is 1. The number of halogens is 1. The van der Waals surface area contributed by atoms with E-state index in [1.54, 1.807) is 0 Å². The first-order valence-corrected chi connectivity index (χ1v) is 1.90. The molecule has 0 heterocycles. The van der Waals surface area contributed by atoms with Gasteiger partial charge in [0.15, 0.2) is 0 Å². The van der Waals surface area contributed by atoms with Crippen LogP contribution in [-0.4, -0.2) is 27.2 Å². The van der Waals surface area contributed by atoms with Gasteiger partial charge in [0, 0.05) is 0 Å². The normalized spacial score (nSPS) is 6.25. The molecule has 0 spiro atoms. The summed E-state index contributed by atoms with van der Waals surface area (Å²) in [6, 6.07) is 0. The summed E-state index contributed by atoms with van der Waals surface area (Å²) in [6.07, 6.45) is 0. The Morgan fingerprint density at radius 2 is 2.25 bits per heavy atom. The monoisotopic (exact) mass is 126 g/mol. The maximum atomic E-state index is 10.6. The van der Waals surface area contributed by atoms with Crippen LogP contribution in [0, 0.1) is 0 Å². The topological polar surface area (TPSA) is 0 Å². The summed E-state index contributed by atoms with van der Waals surface area (Å²) < 4.78 is 10.6. The molecule has 0 aliphatic rings. The van der Waals surface area contributed by atoms with E-state index in [4.69, 9.17) is 0 Å². The van der Waals surface area contributed by atoms with E-state index >= 15 is 0 Å². The molecule has 0 N–H and O–H groups in total. The predicted octanol–water partition coefficient (Wildman–Crippen LogP) is -0.0734. The second-order valence-corrected chi connectivity index (χ2v) is 1.02. The molecule has 0 saturated carbocycles. The fourth-order valence-corrected chi connectivity index (χ4v) is 0. The average Bonchev–Trinajstić information content (AvgIpc) is 1.37. The van der Waals surface area contributed by atoms with Gasteiger partial charge in [-0.3, -0.25) is 0 Å². The molecule has 0 fully saturated rings. The third-order valence-corrected chi connectivity index (χ3v) is 0.327. The molecule has 0 unspecified atom stereocenters. The Kier molecular flexibility index (Phi) is 3.58. The Labute approximate surface area is 32.4 Å². The molecule has 0 atom stereocenters. The third-order valence-electron chi connectivity index (χ3n) is 0.0630. The molecule has 0 saturated heterocycles. The van der Waals surface area contributed by atoms with Crippen molar-refractivity contribution in [3.8, 4) is 0 Å². The minimum absolute atomic E-state index is 0.361. The summed E-state index contributed by atoms with van der Waals surface area (Å²) in [5.41, 5.74) is 0. The molecule has 0 radical (unpaired) electrons. The molecule has 0 aromatic carbocycles. The summed E-state index contributed by atoms with van der Waals surface area (Å²) in [5, 5.41) is 0. The SMILES string of the molecule is FCC=[Se]. The van der Waals surface area contributed by atoms with Crippen molar-refractivity contribution in [3.63, 3.8) is 0 Å². The molecular formula is C2H3FSe. The van der Waals surface area contributed by atoms with Crippen LogP contribution in [0.2, 0.25) is 0 Å². The van der Waals surface area contributed by atoms with Crippen molar-refractivity contribution in [2.75, 3.05) is 6.67 Å². The Morgan fingerprint density at radius 1 is 2.00 bits per heavy atom. The molecule has 0 bridgehead atoms. The zero-order valence-corrected chi connectivity index (χ0v) is 3.78. The van der Waals surface area contributed by atoms with Gasteiger partial charge < -0.3 is 0 Å². The van der Waals surface area contributed by atoms with Crippen LogP contribution in [0.5, 0.6) is 0 Å². The van der Waals surface area contributed by atoms with Crippen molar-refractivity contribution >= 4 is 20.5 Å². The number of rotatable bonds is 1. The van der Waals surface area contributed by atoms with Gasteiger partial charge in [-0.05, 0) is 0 Å². The minimum atomic E-state index is -0.361. The van der Waals surface area contributed by atoms with Gasteiger partial charge in [-0.25, -0.2) is 0 Å². The van der Waals surface area contributed by atoms with Crippen molar-refractivity contribution < 1.29 is 4.39 Å². The molecular weight excluding hydrogens is 122 g/mol. The van der Waals surface area contributed by atoms with Gasteiger partial charge in [0.05, 0.1) is 0 Å².